The zero-order chi connectivity index (χ0) is 8.32. The quantitative estimate of drug-likeness (QED) is 0.513. The monoisotopic (exact) mass is 244 g/mol. The van der Waals surface area contributed by atoms with Gasteiger partial charge in [-0.05, 0) is 12.1 Å². The second-order valence-corrected chi connectivity index (χ2v) is 3.06. The van der Waals surface area contributed by atoms with Crippen molar-refractivity contribution in [1.82, 2.24) is 0 Å². The van der Waals surface area contributed by atoms with E-state index in [0.717, 1.165) is 0 Å². The van der Waals surface area contributed by atoms with Crippen molar-refractivity contribution in [3.05, 3.63) is 30.3 Å². The minimum Gasteiger partial charge on any atom is -1.00 e. The van der Waals surface area contributed by atoms with E-state index in [9.17, 15) is 4.57 Å². The summed E-state index contributed by atoms with van der Waals surface area (Å²) < 4.78 is 14.5. The van der Waals surface area contributed by atoms with Crippen molar-refractivity contribution < 1.29 is 43.7 Å². The Kier molecular flexibility index (Phi) is 7.31. The first-order valence-corrected chi connectivity index (χ1v) is 4.41. The van der Waals surface area contributed by atoms with Crippen LogP contribution in [0.2, 0.25) is 0 Å². The predicted molar refractivity (Wildman–Crippen MR) is 39.1 cm³/mol. The number of hydrogen-bond acceptors (Lipinski definition) is 2. The fraction of sp³-hybridized carbons (Fsp3) is 0. The highest BCUT2D eigenvalue weighted by atomic mass is 35.5. The molecule has 0 atom stereocenters. The maximum Gasteiger partial charge on any atom is 0.524 e. The predicted octanol–water partition coefficient (Wildman–Crippen LogP) is -4.83. The Labute approximate surface area is 88.0 Å². The van der Waals surface area contributed by atoms with Crippen LogP contribution in [0.15, 0.2) is 30.3 Å². The fourth-order valence-electron chi connectivity index (χ4n) is 0.619. The molecule has 0 aliphatic heterocycles. The van der Waals surface area contributed by atoms with Crippen LogP contribution < -0.4 is 29.3 Å². The molecule has 1 rings (SSSR count). The summed E-state index contributed by atoms with van der Waals surface area (Å²) in [7, 11) is -4.39. The number of benzene rings is 1. The van der Waals surface area contributed by atoms with E-state index < -0.39 is 7.82 Å². The molecule has 2 N–H and O–H groups in total. The van der Waals surface area contributed by atoms with E-state index >= 15 is 0 Å². The molecular formula is C6H7Cl2O4P-2. The molecule has 4 nitrogen and oxygen atoms in total. The van der Waals surface area contributed by atoms with Crippen LogP contribution in [-0.4, -0.2) is 9.79 Å². The lowest BCUT2D eigenvalue weighted by atomic mass is 10.3. The molecule has 0 aliphatic rings. The van der Waals surface area contributed by atoms with Crippen molar-refractivity contribution in [2.45, 2.75) is 0 Å². The molecule has 0 unspecified atom stereocenters. The maximum absolute atomic E-state index is 10.3. The number of halogens is 2. The SMILES string of the molecule is O=P(O)(O)Oc1ccccc1.[Cl-].[Cl-]. The molecule has 1 aromatic carbocycles. The van der Waals surface area contributed by atoms with Crippen LogP contribution in [-0.2, 0) is 4.57 Å². The lowest BCUT2D eigenvalue weighted by Crippen LogP contribution is -3.00. The molecule has 0 heterocycles. The second kappa shape index (κ2) is 6.24. The van der Waals surface area contributed by atoms with Gasteiger partial charge in [0.1, 0.15) is 5.75 Å². The molecule has 0 aromatic heterocycles. The Morgan fingerprint density at radius 3 is 1.92 bits per heavy atom. The topological polar surface area (TPSA) is 66.8 Å². The Bertz CT molecular complexity index is 273. The molecule has 0 saturated heterocycles. The summed E-state index contributed by atoms with van der Waals surface area (Å²) in [5.74, 6) is 0.167. The van der Waals surface area contributed by atoms with E-state index in [1.807, 2.05) is 0 Å². The summed E-state index contributed by atoms with van der Waals surface area (Å²) in [5, 5.41) is 0. The third-order valence-electron chi connectivity index (χ3n) is 0.968. The number of phosphoric ester groups is 1. The van der Waals surface area contributed by atoms with Crippen molar-refractivity contribution in [3.63, 3.8) is 0 Å². The molecule has 0 aliphatic carbocycles. The van der Waals surface area contributed by atoms with Gasteiger partial charge >= 0.3 is 7.82 Å². The minimum absolute atomic E-state index is 0. The minimum atomic E-state index is -4.39. The van der Waals surface area contributed by atoms with E-state index in [-0.39, 0.29) is 30.6 Å². The first kappa shape index (κ1) is 15.2. The van der Waals surface area contributed by atoms with Gasteiger partial charge in [-0.15, -0.1) is 0 Å². The van der Waals surface area contributed by atoms with Gasteiger partial charge in [-0.1, -0.05) is 18.2 Å². The van der Waals surface area contributed by atoms with E-state index in [2.05, 4.69) is 4.52 Å². The molecule has 0 bridgehead atoms. The van der Waals surface area contributed by atoms with Crippen molar-refractivity contribution in [2.75, 3.05) is 0 Å². The Morgan fingerprint density at radius 2 is 1.54 bits per heavy atom. The van der Waals surface area contributed by atoms with Crippen LogP contribution in [0.5, 0.6) is 5.75 Å². The summed E-state index contributed by atoms with van der Waals surface area (Å²) >= 11 is 0. The highest BCUT2D eigenvalue weighted by Crippen LogP contribution is 2.36. The Balaban J connectivity index is 0. The van der Waals surface area contributed by atoms with Gasteiger partial charge in [-0.3, -0.25) is 9.79 Å². The van der Waals surface area contributed by atoms with Gasteiger partial charge in [0, 0.05) is 0 Å². The number of rotatable bonds is 2. The molecule has 0 fully saturated rings. The van der Waals surface area contributed by atoms with Gasteiger partial charge < -0.3 is 29.3 Å². The molecule has 7 heteroatoms. The average molecular weight is 245 g/mol. The van der Waals surface area contributed by atoms with Crippen LogP contribution in [0.25, 0.3) is 0 Å². The molecule has 0 saturated carbocycles. The molecule has 13 heavy (non-hydrogen) atoms. The van der Waals surface area contributed by atoms with E-state index in [1.54, 1.807) is 18.2 Å². The van der Waals surface area contributed by atoms with Gasteiger partial charge in [0.25, 0.3) is 0 Å². The fourth-order valence-corrected chi connectivity index (χ4v) is 1.02. The first-order valence-electron chi connectivity index (χ1n) is 2.88. The van der Waals surface area contributed by atoms with E-state index in [0.29, 0.717) is 0 Å². The average Bonchev–Trinajstić information content (AvgIpc) is 1.85. The molecule has 0 spiro atoms. The highest BCUT2D eigenvalue weighted by molar-refractivity contribution is 7.46. The van der Waals surface area contributed by atoms with Crippen LogP contribution in [0, 0.1) is 0 Å². The van der Waals surface area contributed by atoms with Gasteiger partial charge in [-0.2, -0.15) is 0 Å². The van der Waals surface area contributed by atoms with E-state index in [4.69, 9.17) is 9.79 Å². The Hall–Kier alpha value is -0.250. The lowest BCUT2D eigenvalue weighted by molar-refractivity contribution is -0.00100. The third kappa shape index (κ3) is 6.87. The third-order valence-corrected chi connectivity index (χ3v) is 1.42. The number of para-hydroxylation sites is 1. The van der Waals surface area contributed by atoms with Crippen molar-refractivity contribution >= 4 is 7.82 Å². The summed E-state index contributed by atoms with van der Waals surface area (Å²) in [5.41, 5.74) is 0. The summed E-state index contributed by atoms with van der Waals surface area (Å²) in [6.45, 7) is 0. The van der Waals surface area contributed by atoms with Gasteiger partial charge in [0.05, 0.1) is 0 Å². The maximum atomic E-state index is 10.3. The summed E-state index contributed by atoms with van der Waals surface area (Å²) in [6, 6.07) is 7.93. The Morgan fingerprint density at radius 1 is 1.08 bits per heavy atom. The standard InChI is InChI=1S/C6H7O4P.2ClH/c7-11(8,9)10-6-4-2-1-3-5-6;;/h1-5H,(H2,7,8,9);2*1H/p-2. The van der Waals surface area contributed by atoms with Gasteiger partial charge in [0.15, 0.2) is 0 Å². The number of hydrogen-bond donors (Lipinski definition) is 2. The smallest absolute Gasteiger partial charge is 0.524 e. The molecule has 0 radical (unpaired) electrons. The lowest BCUT2D eigenvalue weighted by Gasteiger charge is -2.04. The van der Waals surface area contributed by atoms with Crippen molar-refractivity contribution in [1.29, 1.82) is 0 Å². The highest BCUT2D eigenvalue weighted by Gasteiger charge is 2.14. The second-order valence-electron chi connectivity index (χ2n) is 1.89. The number of phosphoric acid groups is 1. The van der Waals surface area contributed by atoms with E-state index in [1.165, 1.54) is 12.1 Å². The normalized spacial score (nSPS) is 9.38. The molecule has 76 valence electrons. The van der Waals surface area contributed by atoms with Crippen LogP contribution in [0.1, 0.15) is 0 Å². The molecule has 1 aromatic rings. The summed E-state index contributed by atoms with van der Waals surface area (Å²) in [6.07, 6.45) is 0. The van der Waals surface area contributed by atoms with Crippen molar-refractivity contribution in [3.8, 4) is 5.75 Å². The van der Waals surface area contributed by atoms with Crippen LogP contribution in [0.4, 0.5) is 0 Å². The van der Waals surface area contributed by atoms with Crippen molar-refractivity contribution in [2.24, 2.45) is 0 Å². The molecular weight excluding hydrogens is 238 g/mol. The summed E-state index contributed by atoms with van der Waals surface area (Å²) in [4.78, 5) is 16.7. The zero-order valence-corrected chi connectivity index (χ0v) is 8.71. The van der Waals surface area contributed by atoms with Crippen LogP contribution in [0.3, 0.4) is 0 Å². The van der Waals surface area contributed by atoms with Crippen LogP contribution >= 0.6 is 7.82 Å². The van der Waals surface area contributed by atoms with Gasteiger partial charge in [0.2, 0.25) is 0 Å². The first-order chi connectivity index (χ1) is 5.08. The largest absolute Gasteiger partial charge is 1.00 e. The van der Waals surface area contributed by atoms with Gasteiger partial charge in [-0.25, -0.2) is 4.57 Å². The zero-order valence-electron chi connectivity index (χ0n) is 6.30. The molecule has 0 amide bonds.